The summed E-state index contributed by atoms with van der Waals surface area (Å²) in [5.74, 6) is 0.508. The summed E-state index contributed by atoms with van der Waals surface area (Å²) in [6, 6.07) is 0. The molecule has 0 fully saturated rings. The largest absolute Gasteiger partial charge is 0.384 e. The summed E-state index contributed by atoms with van der Waals surface area (Å²) < 4.78 is 16.4. The van der Waals surface area contributed by atoms with E-state index in [9.17, 15) is 0 Å². The molecule has 0 aromatic heterocycles. The van der Waals surface area contributed by atoms with Crippen molar-refractivity contribution in [2.75, 3.05) is 40.6 Å². The van der Waals surface area contributed by atoms with Gasteiger partial charge in [-0.25, -0.2) is 0 Å². The van der Waals surface area contributed by atoms with Crippen LogP contribution in [0.3, 0.4) is 0 Å². The van der Waals surface area contributed by atoms with E-state index in [4.69, 9.17) is 14.2 Å². The molecule has 0 spiro atoms. The Labute approximate surface area is 107 Å². The summed E-state index contributed by atoms with van der Waals surface area (Å²) in [6.45, 7) is 9.72. The van der Waals surface area contributed by atoms with Crippen LogP contribution in [-0.4, -0.2) is 40.6 Å². The number of methoxy groups -OCH3 is 2. The summed E-state index contributed by atoms with van der Waals surface area (Å²) in [6.07, 6.45) is 3.29. The van der Waals surface area contributed by atoms with Gasteiger partial charge in [0.15, 0.2) is 0 Å². The van der Waals surface area contributed by atoms with Gasteiger partial charge in [0.25, 0.3) is 0 Å². The van der Waals surface area contributed by atoms with E-state index in [-0.39, 0.29) is 5.41 Å². The van der Waals surface area contributed by atoms with E-state index in [1.165, 1.54) is 0 Å². The van der Waals surface area contributed by atoms with Crippen molar-refractivity contribution in [1.82, 2.24) is 0 Å². The zero-order chi connectivity index (χ0) is 13.1. The molecule has 104 valence electrons. The first-order valence-corrected chi connectivity index (χ1v) is 6.73. The molecular formula is C14H30O3. The molecule has 0 aromatic rings. The van der Waals surface area contributed by atoms with Crippen LogP contribution in [0.15, 0.2) is 0 Å². The van der Waals surface area contributed by atoms with Crippen molar-refractivity contribution >= 4 is 0 Å². The van der Waals surface area contributed by atoms with Crippen molar-refractivity contribution in [3.05, 3.63) is 0 Å². The van der Waals surface area contributed by atoms with Crippen molar-refractivity contribution in [2.24, 2.45) is 11.3 Å². The van der Waals surface area contributed by atoms with Gasteiger partial charge in [-0.05, 0) is 19.3 Å². The Kier molecular flexibility index (Phi) is 9.79. The molecule has 0 aliphatic carbocycles. The average molecular weight is 246 g/mol. The second-order valence-electron chi connectivity index (χ2n) is 4.88. The highest BCUT2D eigenvalue weighted by molar-refractivity contribution is 4.76. The fraction of sp³-hybridized carbons (Fsp3) is 1.00. The van der Waals surface area contributed by atoms with Crippen molar-refractivity contribution in [2.45, 2.75) is 40.0 Å². The van der Waals surface area contributed by atoms with Crippen molar-refractivity contribution < 1.29 is 14.2 Å². The lowest BCUT2D eigenvalue weighted by molar-refractivity contribution is -0.0308. The molecule has 0 amide bonds. The number of hydrogen-bond donors (Lipinski definition) is 0. The molecule has 0 N–H and O–H groups in total. The lowest BCUT2D eigenvalue weighted by atomic mass is 9.84. The molecule has 0 saturated heterocycles. The molecule has 17 heavy (non-hydrogen) atoms. The molecule has 0 unspecified atom stereocenters. The fourth-order valence-electron chi connectivity index (χ4n) is 1.97. The van der Waals surface area contributed by atoms with Crippen LogP contribution in [0.5, 0.6) is 0 Å². The molecule has 0 bridgehead atoms. The summed E-state index contributed by atoms with van der Waals surface area (Å²) >= 11 is 0. The third kappa shape index (κ3) is 6.39. The van der Waals surface area contributed by atoms with Crippen LogP contribution in [0.4, 0.5) is 0 Å². The third-order valence-electron chi connectivity index (χ3n) is 3.69. The monoisotopic (exact) mass is 246 g/mol. The van der Waals surface area contributed by atoms with Crippen LogP contribution >= 0.6 is 0 Å². The van der Waals surface area contributed by atoms with Gasteiger partial charge in [0, 0.05) is 25.6 Å². The Balaban J connectivity index is 4.03. The fourth-order valence-corrected chi connectivity index (χ4v) is 1.97. The lowest BCUT2D eigenvalue weighted by Gasteiger charge is -2.31. The van der Waals surface area contributed by atoms with Crippen molar-refractivity contribution in [1.29, 1.82) is 0 Å². The molecule has 0 aliphatic heterocycles. The van der Waals surface area contributed by atoms with Gasteiger partial charge in [0.1, 0.15) is 0 Å². The SMILES string of the molecule is CC[C@H](COC)COCC(CC)(CC)COC. The van der Waals surface area contributed by atoms with Gasteiger partial charge in [0.05, 0.1) is 26.4 Å². The van der Waals surface area contributed by atoms with Crippen LogP contribution in [0.2, 0.25) is 0 Å². The van der Waals surface area contributed by atoms with Crippen LogP contribution in [0, 0.1) is 11.3 Å². The Morgan fingerprint density at radius 2 is 1.53 bits per heavy atom. The summed E-state index contributed by atoms with van der Waals surface area (Å²) in [7, 11) is 3.51. The van der Waals surface area contributed by atoms with Crippen LogP contribution in [0.25, 0.3) is 0 Å². The quantitative estimate of drug-likeness (QED) is 0.560. The van der Waals surface area contributed by atoms with Crippen LogP contribution in [0.1, 0.15) is 40.0 Å². The first-order valence-electron chi connectivity index (χ1n) is 6.73. The van der Waals surface area contributed by atoms with Crippen molar-refractivity contribution in [3.63, 3.8) is 0 Å². The minimum Gasteiger partial charge on any atom is -0.384 e. The van der Waals surface area contributed by atoms with E-state index in [2.05, 4.69) is 20.8 Å². The van der Waals surface area contributed by atoms with Gasteiger partial charge in [-0.1, -0.05) is 20.8 Å². The van der Waals surface area contributed by atoms with E-state index < -0.39 is 0 Å². The molecular weight excluding hydrogens is 216 g/mol. The van der Waals surface area contributed by atoms with Crippen molar-refractivity contribution in [3.8, 4) is 0 Å². The minimum absolute atomic E-state index is 0.181. The number of rotatable bonds is 11. The van der Waals surface area contributed by atoms with E-state index in [0.29, 0.717) is 5.92 Å². The van der Waals surface area contributed by atoms with E-state index in [1.807, 2.05) is 0 Å². The zero-order valence-electron chi connectivity index (χ0n) is 12.3. The second kappa shape index (κ2) is 9.86. The van der Waals surface area contributed by atoms with Gasteiger partial charge < -0.3 is 14.2 Å². The molecule has 0 rings (SSSR count). The molecule has 3 heteroatoms. The first kappa shape index (κ1) is 16.9. The third-order valence-corrected chi connectivity index (χ3v) is 3.69. The Morgan fingerprint density at radius 3 is 1.94 bits per heavy atom. The summed E-state index contributed by atoms with van der Waals surface area (Å²) in [4.78, 5) is 0. The summed E-state index contributed by atoms with van der Waals surface area (Å²) in [5, 5.41) is 0. The summed E-state index contributed by atoms with van der Waals surface area (Å²) in [5.41, 5.74) is 0.181. The van der Waals surface area contributed by atoms with Gasteiger partial charge in [-0.15, -0.1) is 0 Å². The normalized spacial score (nSPS) is 13.9. The predicted molar refractivity (Wildman–Crippen MR) is 71.4 cm³/mol. The maximum absolute atomic E-state index is 5.88. The van der Waals surface area contributed by atoms with Crippen LogP contribution < -0.4 is 0 Å². The van der Waals surface area contributed by atoms with Gasteiger partial charge in [-0.3, -0.25) is 0 Å². The van der Waals surface area contributed by atoms with E-state index in [0.717, 1.165) is 45.7 Å². The maximum atomic E-state index is 5.88. The number of hydrogen-bond acceptors (Lipinski definition) is 3. The maximum Gasteiger partial charge on any atom is 0.0544 e. The lowest BCUT2D eigenvalue weighted by Crippen LogP contribution is -2.32. The smallest absolute Gasteiger partial charge is 0.0544 e. The predicted octanol–water partition coefficient (Wildman–Crippen LogP) is 3.13. The Morgan fingerprint density at radius 1 is 0.882 bits per heavy atom. The molecule has 0 aromatic carbocycles. The van der Waals surface area contributed by atoms with E-state index in [1.54, 1.807) is 14.2 Å². The Hall–Kier alpha value is -0.120. The second-order valence-corrected chi connectivity index (χ2v) is 4.88. The van der Waals surface area contributed by atoms with E-state index >= 15 is 0 Å². The molecule has 0 aliphatic rings. The molecule has 0 heterocycles. The number of ether oxygens (including phenoxy) is 3. The molecule has 0 saturated carbocycles. The van der Waals surface area contributed by atoms with Crippen LogP contribution in [-0.2, 0) is 14.2 Å². The highest BCUT2D eigenvalue weighted by Gasteiger charge is 2.26. The minimum atomic E-state index is 0.181. The van der Waals surface area contributed by atoms with Gasteiger partial charge >= 0.3 is 0 Å². The van der Waals surface area contributed by atoms with Gasteiger partial charge in [-0.2, -0.15) is 0 Å². The highest BCUT2D eigenvalue weighted by Crippen LogP contribution is 2.27. The zero-order valence-corrected chi connectivity index (χ0v) is 12.3. The highest BCUT2D eigenvalue weighted by atomic mass is 16.5. The first-order chi connectivity index (χ1) is 8.17. The molecule has 0 radical (unpaired) electrons. The standard InChI is InChI=1S/C14H30O3/c1-6-13(9-15-4)10-17-12-14(7-2,8-3)11-16-5/h13H,6-12H2,1-5H3/t13-/m1/s1. The topological polar surface area (TPSA) is 27.7 Å². The molecule has 3 nitrogen and oxygen atoms in total. The molecule has 1 atom stereocenters. The van der Waals surface area contributed by atoms with Gasteiger partial charge in [0.2, 0.25) is 0 Å². The Bertz CT molecular complexity index is 167. The average Bonchev–Trinajstić information content (AvgIpc) is 2.36.